The third kappa shape index (κ3) is 3.01. The minimum absolute atomic E-state index is 0. The van der Waals surface area contributed by atoms with E-state index in [2.05, 4.69) is 14.9 Å². The van der Waals surface area contributed by atoms with E-state index >= 15 is 0 Å². The molecule has 0 aromatic carbocycles. The summed E-state index contributed by atoms with van der Waals surface area (Å²) < 4.78 is 4.51. The summed E-state index contributed by atoms with van der Waals surface area (Å²) >= 11 is 0. The van der Waals surface area contributed by atoms with E-state index < -0.39 is 12.0 Å². The number of nitrogens with two attached hydrogens (primary N) is 1. The molecular formula is C8H14ClN3O2. The fourth-order valence-corrected chi connectivity index (χ4v) is 1.05. The van der Waals surface area contributed by atoms with Gasteiger partial charge < -0.3 is 10.5 Å². The Balaban J connectivity index is 0.00000169. The van der Waals surface area contributed by atoms with Crippen molar-refractivity contribution < 1.29 is 9.53 Å². The number of aryl methyl sites for hydroxylation is 1. The summed E-state index contributed by atoms with van der Waals surface area (Å²) in [6.45, 7) is 1.88. The Hall–Kier alpha value is -1.07. The van der Waals surface area contributed by atoms with Gasteiger partial charge in [-0.2, -0.15) is 5.10 Å². The minimum Gasteiger partial charge on any atom is -0.468 e. The Morgan fingerprint density at radius 1 is 1.79 bits per heavy atom. The summed E-state index contributed by atoms with van der Waals surface area (Å²) in [7, 11) is 1.32. The average Bonchev–Trinajstić information content (AvgIpc) is 2.50. The SMILES string of the molecule is COC(=O)C(N)Cc1cn[nH]c1C.Cl. The summed E-state index contributed by atoms with van der Waals surface area (Å²) in [5.41, 5.74) is 7.44. The standard InChI is InChI=1S/C8H13N3O2.ClH/c1-5-6(4-10-11-5)3-7(9)8(12)13-2;/h4,7H,3,9H2,1-2H3,(H,10,11);1H. The Morgan fingerprint density at radius 3 is 2.86 bits per heavy atom. The van der Waals surface area contributed by atoms with Crippen molar-refractivity contribution in [2.75, 3.05) is 7.11 Å². The van der Waals surface area contributed by atoms with Gasteiger partial charge in [-0.05, 0) is 12.5 Å². The number of hydrogen-bond acceptors (Lipinski definition) is 4. The van der Waals surface area contributed by atoms with Gasteiger partial charge in [-0.3, -0.25) is 9.89 Å². The van der Waals surface area contributed by atoms with Crippen molar-refractivity contribution in [2.24, 2.45) is 5.73 Å². The molecule has 0 bridgehead atoms. The van der Waals surface area contributed by atoms with Crippen LogP contribution in [0, 0.1) is 6.92 Å². The minimum atomic E-state index is -0.610. The van der Waals surface area contributed by atoms with Crippen LogP contribution in [0.1, 0.15) is 11.3 Å². The Labute approximate surface area is 88.4 Å². The van der Waals surface area contributed by atoms with E-state index in [1.165, 1.54) is 7.11 Å². The zero-order valence-electron chi connectivity index (χ0n) is 8.11. The van der Waals surface area contributed by atoms with E-state index in [1.807, 2.05) is 6.92 Å². The molecule has 0 radical (unpaired) electrons. The van der Waals surface area contributed by atoms with Crippen LogP contribution in [0.3, 0.4) is 0 Å². The normalized spacial score (nSPS) is 11.6. The molecule has 80 valence electrons. The molecule has 0 fully saturated rings. The van der Waals surface area contributed by atoms with Crippen LogP contribution in [0.15, 0.2) is 6.20 Å². The molecule has 1 unspecified atom stereocenters. The van der Waals surface area contributed by atoms with Crippen LogP contribution in [0.25, 0.3) is 0 Å². The number of aromatic nitrogens is 2. The maximum atomic E-state index is 11.0. The average molecular weight is 220 g/mol. The summed E-state index contributed by atoms with van der Waals surface area (Å²) in [6, 6.07) is -0.610. The maximum Gasteiger partial charge on any atom is 0.322 e. The fourth-order valence-electron chi connectivity index (χ4n) is 1.05. The van der Waals surface area contributed by atoms with Crippen molar-refractivity contribution in [1.29, 1.82) is 0 Å². The molecule has 0 spiro atoms. The van der Waals surface area contributed by atoms with Crippen LogP contribution in [0.2, 0.25) is 0 Å². The molecule has 0 amide bonds. The predicted octanol–water partition coefficient (Wildman–Crippen LogP) is 0.183. The second kappa shape index (κ2) is 5.62. The third-order valence-corrected chi connectivity index (χ3v) is 1.88. The zero-order chi connectivity index (χ0) is 9.84. The van der Waals surface area contributed by atoms with E-state index in [9.17, 15) is 4.79 Å². The molecule has 1 aromatic heterocycles. The molecule has 0 saturated carbocycles. The van der Waals surface area contributed by atoms with Gasteiger partial charge in [-0.1, -0.05) is 0 Å². The first-order chi connectivity index (χ1) is 6.15. The van der Waals surface area contributed by atoms with Gasteiger partial charge in [-0.15, -0.1) is 12.4 Å². The van der Waals surface area contributed by atoms with Crippen molar-refractivity contribution in [3.8, 4) is 0 Å². The van der Waals surface area contributed by atoms with Gasteiger partial charge in [0.05, 0.1) is 13.3 Å². The number of carbonyl (C=O) groups excluding carboxylic acids is 1. The van der Waals surface area contributed by atoms with Crippen LogP contribution in [0.4, 0.5) is 0 Å². The molecular weight excluding hydrogens is 206 g/mol. The van der Waals surface area contributed by atoms with Gasteiger partial charge in [0.15, 0.2) is 0 Å². The molecule has 6 heteroatoms. The van der Waals surface area contributed by atoms with Crippen molar-refractivity contribution in [3.05, 3.63) is 17.5 Å². The molecule has 3 N–H and O–H groups in total. The molecule has 0 saturated heterocycles. The van der Waals surface area contributed by atoms with Gasteiger partial charge in [0.1, 0.15) is 6.04 Å². The lowest BCUT2D eigenvalue weighted by Crippen LogP contribution is -2.33. The zero-order valence-corrected chi connectivity index (χ0v) is 8.93. The quantitative estimate of drug-likeness (QED) is 0.711. The highest BCUT2D eigenvalue weighted by molar-refractivity contribution is 5.85. The molecule has 1 atom stereocenters. The predicted molar refractivity (Wildman–Crippen MR) is 54.3 cm³/mol. The number of carbonyl (C=O) groups is 1. The van der Waals surface area contributed by atoms with Gasteiger partial charge in [-0.25, -0.2) is 0 Å². The first-order valence-electron chi connectivity index (χ1n) is 3.97. The van der Waals surface area contributed by atoms with Crippen LogP contribution < -0.4 is 5.73 Å². The van der Waals surface area contributed by atoms with E-state index in [1.54, 1.807) is 6.20 Å². The molecule has 0 aliphatic rings. The van der Waals surface area contributed by atoms with Crippen molar-refractivity contribution in [2.45, 2.75) is 19.4 Å². The Bertz CT molecular complexity index is 301. The molecule has 0 aliphatic heterocycles. The number of esters is 1. The van der Waals surface area contributed by atoms with Gasteiger partial charge in [0.2, 0.25) is 0 Å². The van der Waals surface area contributed by atoms with E-state index in [0.29, 0.717) is 6.42 Å². The molecule has 1 aromatic rings. The highest BCUT2D eigenvalue weighted by atomic mass is 35.5. The molecule has 1 heterocycles. The van der Waals surface area contributed by atoms with E-state index in [4.69, 9.17) is 5.73 Å². The van der Waals surface area contributed by atoms with Crippen LogP contribution >= 0.6 is 12.4 Å². The second-order valence-electron chi connectivity index (χ2n) is 2.85. The van der Waals surface area contributed by atoms with Crippen LogP contribution in [-0.4, -0.2) is 29.3 Å². The summed E-state index contributed by atoms with van der Waals surface area (Å²) in [5.74, 6) is -0.402. The third-order valence-electron chi connectivity index (χ3n) is 1.88. The summed E-state index contributed by atoms with van der Waals surface area (Å²) in [6.07, 6.45) is 2.12. The van der Waals surface area contributed by atoms with Crippen molar-refractivity contribution >= 4 is 18.4 Å². The summed E-state index contributed by atoms with van der Waals surface area (Å²) in [4.78, 5) is 11.0. The topological polar surface area (TPSA) is 81.0 Å². The highest BCUT2D eigenvalue weighted by Crippen LogP contribution is 2.05. The number of H-pyrrole nitrogens is 1. The molecule has 0 aliphatic carbocycles. The lowest BCUT2D eigenvalue weighted by atomic mass is 10.1. The number of nitrogens with one attached hydrogen (secondary N) is 1. The van der Waals surface area contributed by atoms with Gasteiger partial charge in [0.25, 0.3) is 0 Å². The maximum absolute atomic E-state index is 11.0. The molecule has 14 heavy (non-hydrogen) atoms. The van der Waals surface area contributed by atoms with E-state index in [0.717, 1.165) is 11.3 Å². The number of methoxy groups -OCH3 is 1. The highest BCUT2D eigenvalue weighted by Gasteiger charge is 2.15. The van der Waals surface area contributed by atoms with Gasteiger partial charge >= 0.3 is 5.97 Å². The Morgan fingerprint density at radius 2 is 2.43 bits per heavy atom. The monoisotopic (exact) mass is 219 g/mol. The van der Waals surface area contributed by atoms with E-state index in [-0.39, 0.29) is 12.4 Å². The molecule has 1 rings (SSSR count). The molecule has 5 nitrogen and oxygen atoms in total. The number of aromatic amines is 1. The Kier molecular flexibility index (Phi) is 5.19. The summed E-state index contributed by atoms with van der Waals surface area (Å²) in [5, 5.41) is 6.60. The van der Waals surface area contributed by atoms with Crippen LogP contribution in [0.5, 0.6) is 0 Å². The number of nitrogens with zero attached hydrogens (tertiary/aromatic N) is 1. The largest absolute Gasteiger partial charge is 0.468 e. The first-order valence-corrected chi connectivity index (χ1v) is 3.97. The lowest BCUT2D eigenvalue weighted by Gasteiger charge is -2.07. The van der Waals surface area contributed by atoms with Crippen molar-refractivity contribution in [1.82, 2.24) is 10.2 Å². The fraction of sp³-hybridized carbons (Fsp3) is 0.500. The number of ether oxygens (including phenoxy) is 1. The van der Waals surface area contributed by atoms with Crippen LogP contribution in [-0.2, 0) is 16.0 Å². The lowest BCUT2D eigenvalue weighted by molar-refractivity contribution is -0.142. The number of rotatable bonds is 3. The number of hydrogen-bond donors (Lipinski definition) is 2. The van der Waals surface area contributed by atoms with Gasteiger partial charge in [0, 0.05) is 12.1 Å². The smallest absolute Gasteiger partial charge is 0.322 e. The second-order valence-corrected chi connectivity index (χ2v) is 2.85. The number of halogens is 1. The van der Waals surface area contributed by atoms with Crippen molar-refractivity contribution in [3.63, 3.8) is 0 Å². The first kappa shape index (κ1) is 12.9.